The number of carbonyl (C=O) groups excluding carboxylic acids is 5. The van der Waals surface area contributed by atoms with Gasteiger partial charge in [-0.15, -0.1) is 0 Å². The van der Waals surface area contributed by atoms with E-state index in [1.807, 2.05) is 60.7 Å². The van der Waals surface area contributed by atoms with Crippen LogP contribution in [0.25, 0.3) is 10.9 Å². The molecule has 0 spiro atoms. The molecular formula is C38H48N8O6. The van der Waals surface area contributed by atoms with Crippen molar-refractivity contribution < 1.29 is 28.7 Å². The van der Waals surface area contributed by atoms with Crippen LogP contribution in [0.15, 0.2) is 91.1 Å². The number of nitrogens with two attached hydrogens (primary N) is 2. The fourth-order valence-corrected chi connectivity index (χ4v) is 5.41. The number of benzene rings is 3. The van der Waals surface area contributed by atoms with Crippen LogP contribution >= 0.6 is 0 Å². The van der Waals surface area contributed by atoms with Crippen molar-refractivity contribution in [2.24, 2.45) is 11.5 Å². The number of H-pyrrole nitrogens is 1. The highest BCUT2D eigenvalue weighted by molar-refractivity contribution is 6.02. The van der Waals surface area contributed by atoms with Gasteiger partial charge in [0.1, 0.15) is 6.04 Å². The molecule has 52 heavy (non-hydrogen) atoms. The predicted molar refractivity (Wildman–Crippen MR) is 197 cm³/mol. The van der Waals surface area contributed by atoms with Crippen LogP contribution in [0.3, 0.4) is 0 Å². The highest BCUT2D eigenvalue weighted by Gasteiger charge is 2.40. The lowest BCUT2D eigenvalue weighted by Gasteiger charge is -2.35. The van der Waals surface area contributed by atoms with Crippen molar-refractivity contribution in [2.75, 3.05) is 13.2 Å². The molecule has 0 aliphatic rings. The number of primary amides is 1. The number of aromatic amines is 1. The number of fused-ring (bicyclic) bond motifs is 1. The van der Waals surface area contributed by atoms with Gasteiger partial charge in [-0.2, -0.15) is 0 Å². The van der Waals surface area contributed by atoms with E-state index in [-0.39, 0.29) is 39.0 Å². The second-order valence-corrected chi connectivity index (χ2v) is 13.4. The maximum absolute atomic E-state index is 14.5. The van der Waals surface area contributed by atoms with Crippen molar-refractivity contribution >= 4 is 40.7 Å². The molecule has 1 heterocycles. The van der Waals surface area contributed by atoms with Gasteiger partial charge < -0.3 is 31.8 Å². The number of para-hydroxylation sites is 1. The lowest BCUT2D eigenvalue weighted by atomic mass is 10.0. The third kappa shape index (κ3) is 11.7. The molecule has 0 aliphatic carbocycles. The van der Waals surface area contributed by atoms with Gasteiger partial charge in [0, 0.05) is 42.0 Å². The normalized spacial score (nSPS) is 12.4. The maximum Gasteiger partial charge on any atom is 0.336 e. The largest absolute Gasteiger partial charge is 0.375 e. The number of aromatic nitrogens is 1. The summed E-state index contributed by atoms with van der Waals surface area (Å²) in [6.45, 7) is 5.84. The number of urea groups is 2. The number of hydrogen-bond acceptors (Lipinski definition) is 7. The molecule has 3 aromatic carbocycles. The van der Waals surface area contributed by atoms with Crippen LogP contribution in [0, 0.1) is 0 Å². The molecule has 1 aromatic heterocycles. The van der Waals surface area contributed by atoms with E-state index in [4.69, 9.17) is 16.2 Å². The fourth-order valence-electron chi connectivity index (χ4n) is 5.41. The first kappa shape index (κ1) is 39.1. The Bertz CT molecular complexity index is 1810. The molecule has 0 bridgehead atoms. The van der Waals surface area contributed by atoms with Crippen LogP contribution in [-0.4, -0.2) is 75.5 Å². The molecule has 14 heteroatoms. The lowest BCUT2D eigenvalue weighted by molar-refractivity contribution is -0.140. The van der Waals surface area contributed by atoms with Gasteiger partial charge in [0.05, 0.1) is 25.8 Å². The van der Waals surface area contributed by atoms with Crippen LogP contribution in [0.4, 0.5) is 9.59 Å². The summed E-state index contributed by atoms with van der Waals surface area (Å²) in [4.78, 5) is 71.6. The van der Waals surface area contributed by atoms with Gasteiger partial charge in [-0.05, 0) is 49.9 Å². The summed E-state index contributed by atoms with van der Waals surface area (Å²) in [5, 5.41) is 7.40. The van der Waals surface area contributed by atoms with Crippen LogP contribution in [-0.2, 0) is 38.7 Å². The number of nitrogens with zero attached hydrogens (tertiary/aromatic N) is 2. The molecular weight excluding hydrogens is 664 g/mol. The van der Waals surface area contributed by atoms with E-state index in [0.717, 1.165) is 26.4 Å². The number of hydrogen-bond donors (Lipinski definition) is 6. The second-order valence-electron chi connectivity index (χ2n) is 13.4. The predicted octanol–water partition coefficient (Wildman–Crippen LogP) is 3.47. The second kappa shape index (κ2) is 18.5. The Hall–Kier alpha value is -5.73. The Kier molecular flexibility index (Phi) is 13.9. The lowest BCUT2D eigenvalue weighted by Crippen LogP contribution is -2.63. The molecule has 0 aliphatic heterocycles. The molecule has 0 unspecified atom stereocenters. The zero-order valence-electron chi connectivity index (χ0n) is 29.8. The van der Waals surface area contributed by atoms with E-state index in [9.17, 15) is 24.0 Å². The van der Waals surface area contributed by atoms with Crippen molar-refractivity contribution in [3.8, 4) is 0 Å². The number of carbonyl (C=O) groups is 5. The first-order valence-electron chi connectivity index (χ1n) is 17.1. The van der Waals surface area contributed by atoms with Gasteiger partial charge >= 0.3 is 12.1 Å². The Labute approximate surface area is 303 Å². The Morgan fingerprint density at radius 2 is 1.50 bits per heavy atom. The van der Waals surface area contributed by atoms with Crippen molar-refractivity contribution in [3.05, 3.63) is 108 Å². The van der Waals surface area contributed by atoms with E-state index >= 15 is 0 Å². The zero-order valence-corrected chi connectivity index (χ0v) is 29.8. The SMILES string of the molecule is CC(C)(C)NC(=O)N(C(=O)[C@@H](N)CCC(N)=O)[C@@H](Cc1c[nH]c2ccccc12)C(=O)NN(Cc1ccccc1)C(=O)NCCOCc1ccccc1. The molecule has 4 aromatic rings. The minimum atomic E-state index is -1.49. The molecule has 0 saturated carbocycles. The van der Waals surface area contributed by atoms with Gasteiger partial charge in [0.2, 0.25) is 11.8 Å². The highest BCUT2D eigenvalue weighted by Crippen LogP contribution is 2.22. The molecule has 0 radical (unpaired) electrons. The summed E-state index contributed by atoms with van der Waals surface area (Å²) >= 11 is 0. The molecule has 276 valence electrons. The molecule has 7 amide bonds. The Morgan fingerprint density at radius 3 is 2.15 bits per heavy atom. The summed E-state index contributed by atoms with van der Waals surface area (Å²) in [5.41, 5.74) is 16.5. The van der Waals surface area contributed by atoms with Crippen LogP contribution in [0.2, 0.25) is 0 Å². The molecule has 14 nitrogen and oxygen atoms in total. The smallest absolute Gasteiger partial charge is 0.336 e. The number of rotatable bonds is 15. The van der Waals surface area contributed by atoms with Crippen LogP contribution in [0.1, 0.15) is 50.3 Å². The van der Waals surface area contributed by atoms with Gasteiger partial charge in [0.15, 0.2) is 0 Å². The van der Waals surface area contributed by atoms with Gasteiger partial charge in [0.25, 0.3) is 5.91 Å². The number of hydrazine groups is 1. The third-order valence-electron chi connectivity index (χ3n) is 7.97. The minimum Gasteiger partial charge on any atom is -0.375 e. The maximum atomic E-state index is 14.5. The average molecular weight is 713 g/mol. The number of nitrogens with one attached hydrogen (secondary N) is 4. The molecule has 0 saturated heterocycles. The topological polar surface area (TPSA) is 205 Å². The molecule has 8 N–H and O–H groups in total. The zero-order chi connectivity index (χ0) is 37.7. The molecule has 4 rings (SSSR count). The quantitative estimate of drug-likeness (QED) is 0.0799. The third-order valence-corrected chi connectivity index (χ3v) is 7.97. The number of ether oxygens (including phenoxy) is 1. The standard InChI is InChI=1S/C38H48N8O6/c1-38(2,3)43-37(51)46(35(49)30(39)18-19-33(40)47)32(22-28-23-42-31-17-11-10-16-29(28)31)34(48)44-45(24-26-12-6-4-7-13-26)36(50)41-20-21-52-25-27-14-8-5-9-15-27/h4-17,23,30,32,42H,18-22,24-25,39H2,1-3H3,(H2,40,47)(H,41,50)(H,43,51)(H,44,48)/t30-,32-/m0/s1. The summed E-state index contributed by atoms with van der Waals surface area (Å²) in [5.74, 6) is -2.39. The van der Waals surface area contributed by atoms with Gasteiger partial charge in [-0.1, -0.05) is 78.9 Å². The Balaban J connectivity index is 1.65. The monoisotopic (exact) mass is 712 g/mol. The van der Waals surface area contributed by atoms with Crippen LogP contribution < -0.4 is 27.5 Å². The minimum absolute atomic E-state index is 0.0383. The number of amides is 7. The fraction of sp³-hybridized carbons (Fsp3) is 0.342. The molecule has 0 fully saturated rings. The summed E-state index contributed by atoms with van der Waals surface area (Å²) < 4.78 is 5.71. The van der Waals surface area contributed by atoms with Crippen molar-refractivity contribution in [3.63, 3.8) is 0 Å². The average Bonchev–Trinajstić information content (AvgIpc) is 3.52. The van der Waals surface area contributed by atoms with Crippen molar-refractivity contribution in [2.45, 2.75) is 70.8 Å². The van der Waals surface area contributed by atoms with E-state index in [1.165, 1.54) is 0 Å². The first-order valence-corrected chi connectivity index (χ1v) is 17.1. The van der Waals surface area contributed by atoms with Crippen molar-refractivity contribution in [1.29, 1.82) is 0 Å². The van der Waals surface area contributed by atoms with E-state index < -0.39 is 47.4 Å². The Morgan fingerprint density at radius 1 is 0.865 bits per heavy atom. The van der Waals surface area contributed by atoms with Gasteiger partial charge in [-0.3, -0.25) is 19.8 Å². The van der Waals surface area contributed by atoms with E-state index in [0.29, 0.717) is 17.7 Å². The number of imide groups is 1. The summed E-state index contributed by atoms with van der Waals surface area (Å²) in [6, 6.07) is 21.7. The van der Waals surface area contributed by atoms with Crippen LogP contribution in [0.5, 0.6) is 0 Å². The summed E-state index contributed by atoms with van der Waals surface area (Å²) in [7, 11) is 0. The van der Waals surface area contributed by atoms with E-state index in [1.54, 1.807) is 51.2 Å². The first-order chi connectivity index (χ1) is 24.8. The van der Waals surface area contributed by atoms with E-state index in [2.05, 4.69) is 21.0 Å². The highest BCUT2D eigenvalue weighted by atomic mass is 16.5. The van der Waals surface area contributed by atoms with Crippen molar-refractivity contribution in [1.82, 2.24) is 31.0 Å². The summed E-state index contributed by atoms with van der Waals surface area (Å²) in [6.07, 6.45) is 1.22. The van der Waals surface area contributed by atoms with Gasteiger partial charge in [-0.25, -0.2) is 19.5 Å². The molecule has 2 atom stereocenters.